The van der Waals surface area contributed by atoms with E-state index in [1.807, 2.05) is 42.5 Å². The summed E-state index contributed by atoms with van der Waals surface area (Å²) in [5.74, 6) is 0.358. The average Bonchev–Trinajstić information content (AvgIpc) is 2.53. The molecule has 0 unspecified atom stereocenters. The zero-order valence-corrected chi connectivity index (χ0v) is 13.0. The van der Waals surface area contributed by atoms with E-state index in [0.29, 0.717) is 17.5 Å². The van der Waals surface area contributed by atoms with Crippen molar-refractivity contribution in [3.05, 3.63) is 53.7 Å². The molecule has 1 heterocycles. The quantitative estimate of drug-likeness (QED) is 0.501. The van der Waals surface area contributed by atoms with Crippen molar-refractivity contribution in [2.75, 3.05) is 18.1 Å². The number of carbonyl (C=O) groups is 1. The van der Waals surface area contributed by atoms with Crippen LogP contribution in [0.2, 0.25) is 0 Å². The molecule has 0 spiro atoms. The molecule has 0 aliphatic heterocycles. The van der Waals surface area contributed by atoms with Gasteiger partial charge < -0.3 is 10.5 Å². The first-order valence-corrected chi connectivity index (χ1v) is 7.83. The molecule has 0 bridgehead atoms. The third-order valence-electron chi connectivity index (χ3n) is 2.71. The van der Waals surface area contributed by atoms with Crippen LogP contribution in [0, 0.1) is 0 Å². The van der Waals surface area contributed by atoms with Crippen LogP contribution >= 0.6 is 11.8 Å². The number of ether oxygens (including phenoxy) is 1. The maximum atomic E-state index is 11.6. The van der Waals surface area contributed by atoms with Crippen LogP contribution in [0.5, 0.6) is 0 Å². The second kappa shape index (κ2) is 8.19. The zero-order chi connectivity index (χ0) is 15.8. The molecule has 0 aliphatic carbocycles. The van der Waals surface area contributed by atoms with E-state index in [0.717, 1.165) is 5.56 Å². The smallest absolute Gasteiger partial charge is 0.343 e. The fourth-order valence-electron chi connectivity index (χ4n) is 1.68. The Morgan fingerprint density at radius 2 is 2.14 bits per heavy atom. The van der Waals surface area contributed by atoms with Gasteiger partial charge in [0, 0.05) is 11.9 Å². The van der Waals surface area contributed by atoms with Crippen LogP contribution in [0.3, 0.4) is 0 Å². The molecular formula is C16H17N3O2S. The van der Waals surface area contributed by atoms with Crippen molar-refractivity contribution in [1.29, 1.82) is 0 Å². The Kier molecular flexibility index (Phi) is 5.97. The first kappa shape index (κ1) is 16.0. The summed E-state index contributed by atoms with van der Waals surface area (Å²) in [4.78, 5) is 19.8. The number of anilines is 1. The molecule has 5 nitrogen and oxygen atoms in total. The number of thioether (sulfide) groups is 1. The Labute approximate surface area is 133 Å². The molecule has 6 heteroatoms. The summed E-state index contributed by atoms with van der Waals surface area (Å²) in [6.45, 7) is 2.03. The Morgan fingerprint density at radius 3 is 2.82 bits per heavy atom. The lowest BCUT2D eigenvalue weighted by Crippen LogP contribution is -2.10. The predicted molar refractivity (Wildman–Crippen MR) is 88.6 cm³/mol. The molecule has 0 saturated heterocycles. The summed E-state index contributed by atoms with van der Waals surface area (Å²) in [5, 5.41) is 0.531. The van der Waals surface area contributed by atoms with E-state index in [9.17, 15) is 4.79 Å². The van der Waals surface area contributed by atoms with Crippen molar-refractivity contribution in [2.45, 2.75) is 12.1 Å². The molecule has 2 rings (SSSR count). The lowest BCUT2D eigenvalue weighted by Gasteiger charge is -2.05. The summed E-state index contributed by atoms with van der Waals surface area (Å²) < 4.78 is 4.88. The molecule has 2 N–H and O–H groups in total. The van der Waals surface area contributed by atoms with Gasteiger partial charge in [0.2, 0.25) is 0 Å². The van der Waals surface area contributed by atoms with Gasteiger partial charge in [-0.15, -0.1) is 0 Å². The normalized spacial score (nSPS) is 10.8. The first-order valence-electron chi connectivity index (χ1n) is 6.84. The highest BCUT2D eigenvalue weighted by molar-refractivity contribution is 7.99. The summed E-state index contributed by atoms with van der Waals surface area (Å²) in [6.07, 6.45) is 5.46. The molecule has 114 valence electrons. The fourth-order valence-corrected chi connectivity index (χ4v) is 2.32. The molecule has 0 fully saturated rings. The van der Waals surface area contributed by atoms with Gasteiger partial charge in [0.1, 0.15) is 11.4 Å². The Hall–Kier alpha value is -2.34. The van der Waals surface area contributed by atoms with E-state index in [2.05, 4.69) is 9.97 Å². The minimum atomic E-state index is -0.500. The maximum absolute atomic E-state index is 11.6. The van der Waals surface area contributed by atoms with Gasteiger partial charge in [-0.1, -0.05) is 54.2 Å². The van der Waals surface area contributed by atoms with Crippen LogP contribution in [-0.2, 0) is 4.74 Å². The lowest BCUT2D eigenvalue weighted by molar-refractivity contribution is 0.0526. The number of esters is 1. The van der Waals surface area contributed by atoms with Gasteiger partial charge in [-0.3, -0.25) is 0 Å². The van der Waals surface area contributed by atoms with Crippen molar-refractivity contribution in [1.82, 2.24) is 9.97 Å². The van der Waals surface area contributed by atoms with E-state index >= 15 is 0 Å². The number of hydrogen-bond donors (Lipinski definition) is 1. The number of rotatable bonds is 6. The molecule has 0 atom stereocenters. The Morgan fingerprint density at radius 1 is 1.36 bits per heavy atom. The molecule has 0 amide bonds. The van der Waals surface area contributed by atoms with Crippen molar-refractivity contribution >= 4 is 29.6 Å². The van der Waals surface area contributed by atoms with Crippen molar-refractivity contribution < 1.29 is 9.53 Å². The summed E-state index contributed by atoms with van der Waals surface area (Å²) >= 11 is 1.45. The highest BCUT2D eigenvalue weighted by atomic mass is 32.2. The fraction of sp³-hybridized carbons (Fsp3) is 0.188. The molecule has 22 heavy (non-hydrogen) atoms. The van der Waals surface area contributed by atoms with Crippen LogP contribution in [0.15, 0.2) is 47.8 Å². The third kappa shape index (κ3) is 4.60. The van der Waals surface area contributed by atoms with Gasteiger partial charge in [0.05, 0.1) is 6.61 Å². The van der Waals surface area contributed by atoms with Crippen molar-refractivity contribution in [3.63, 3.8) is 0 Å². The number of benzene rings is 1. The minimum absolute atomic E-state index is 0.142. The SMILES string of the molecule is CCOC(=O)c1cnc(SC/C=C/c2ccccc2)nc1N. The average molecular weight is 315 g/mol. The highest BCUT2D eigenvalue weighted by Gasteiger charge is 2.13. The van der Waals surface area contributed by atoms with E-state index < -0.39 is 5.97 Å². The predicted octanol–water partition coefficient (Wildman–Crippen LogP) is 3.04. The van der Waals surface area contributed by atoms with Gasteiger partial charge >= 0.3 is 5.97 Å². The number of nitrogens with two attached hydrogens (primary N) is 1. The molecule has 0 radical (unpaired) electrons. The van der Waals surface area contributed by atoms with Gasteiger partial charge in [0.25, 0.3) is 0 Å². The number of carbonyl (C=O) groups excluding carboxylic acids is 1. The Bertz CT molecular complexity index is 660. The van der Waals surface area contributed by atoms with E-state index in [-0.39, 0.29) is 11.4 Å². The van der Waals surface area contributed by atoms with Crippen molar-refractivity contribution in [3.8, 4) is 0 Å². The van der Waals surface area contributed by atoms with Crippen LogP contribution in [-0.4, -0.2) is 28.3 Å². The number of nitrogens with zero attached hydrogens (tertiary/aromatic N) is 2. The molecule has 1 aromatic heterocycles. The third-order valence-corrected chi connectivity index (χ3v) is 3.52. The summed E-state index contributed by atoms with van der Waals surface area (Å²) in [7, 11) is 0. The minimum Gasteiger partial charge on any atom is -0.462 e. The second-order valence-electron chi connectivity index (χ2n) is 4.30. The van der Waals surface area contributed by atoms with Crippen molar-refractivity contribution in [2.24, 2.45) is 0 Å². The largest absolute Gasteiger partial charge is 0.462 e. The van der Waals surface area contributed by atoms with Crippen LogP contribution in [0.1, 0.15) is 22.8 Å². The Balaban J connectivity index is 1.92. The summed E-state index contributed by atoms with van der Waals surface area (Å²) in [6, 6.07) is 10.0. The standard InChI is InChI=1S/C16H17N3O2S/c1-2-21-15(20)13-11-18-16(19-14(13)17)22-10-6-9-12-7-4-3-5-8-12/h3-9,11H,2,10H2,1H3,(H2,17,18,19)/b9-6+. The van der Waals surface area contributed by atoms with Gasteiger partial charge in [-0.05, 0) is 12.5 Å². The van der Waals surface area contributed by atoms with Gasteiger partial charge in [-0.2, -0.15) is 0 Å². The molecule has 1 aromatic carbocycles. The first-order chi connectivity index (χ1) is 10.7. The van der Waals surface area contributed by atoms with E-state index in [4.69, 9.17) is 10.5 Å². The van der Waals surface area contributed by atoms with E-state index in [1.54, 1.807) is 6.92 Å². The summed E-state index contributed by atoms with van der Waals surface area (Å²) in [5.41, 5.74) is 7.10. The monoisotopic (exact) mass is 315 g/mol. The number of aromatic nitrogens is 2. The zero-order valence-electron chi connectivity index (χ0n) is 12.2. The van der Waals surface area contributed by atoms with Crippen LogP contribution in [0.25, 0.3) is 6.08 Å². The topological polar surface area (TPSA) is 78.1 Å². The molecule has 2 aromatic rings. The highest BCUT2D eigenvalue weighted by Crippen LogP contribution is 2.17. The number of hydrogen-bond acceptors (Lipinski definition) is 6. The van der Waals surface area contributed by atoms with Gasteiger partial charge in [-0.25, -0.2) is 14.8 Å². The molecular weight excluding hydrogens is 298 g/mol. The lowest BCUT2D eigenvalue weighted by atomic mass is 10.2. The second-order valence-corrected chi connectivity index (χ2v) is 5.28. The molecule has 0 aliphatic rings. The van der Waals surface area contributed by atoms with Gasteiger partial charge in [0.15, 0.2) is 5.16 Å². The number of nitrogen functional groups attached to an aromatic ring is 1. The van der Waals surface area contributed by atoms with Crippen LogP contribution in [0.4, 0.5) is 5.82 Å². The van der Waals surface area contributed by atoms with Crippen LogP contribution < -0.4 is 5.73 Å². The molecule has 0 saturated carbocycles. The maximum Gasteiger partial charge on any atom is 0.343 e. The van der Waals surface area contributed by atoms with E-state index in [1.165, 1.54) is 18.0 Å².